The van der Waals surface area contributed by atoms with E-state index in [1.807, 2.05) is 25.9 Å². The Kier molecular flexibility index (Phi) is 4.96. The summed E-state index contributed by atoms with van der Waals surface area (Å²) in [5, 5.41) is 3.36. The second-order valence-electron chi connectivity index (χ2n) is 5.88. The minimum atomic E-state index is -0.261. The lowest BCUT2D eigenvalue weighted by molar-refractivity contribution is -0.130. The molecule has 1 aromatic rings. The summed E-state index contributed by atoms with van der Waals surface area (Å²) < 4.78 is 13.1. The lowest BCUT2D eigenvalue weighted by Crippen LogP contribution is -2.41. The van der Waals surface area contributed by atoms with Crippen LogP contribution in [-0.4, -0.2) is 48.4 Å². The summed E-state index contributed by atoms with van der Waals surface area (Å²) in [7, 11) is 4.01. The molecule has 1 amide bonds. The predicted octanol–water partition coefficient (Wildman–Crippen LogP) is 1.98. The number of rotatable bonds is 5. The fourth-order valence-corrected chi connectivity index (χ4v) is 2.54. The third-order valence-electron chi connectivity index (χ3n) is 4.19. The number of halogens is 1. The molecule has 0 aromatic heterocycles. The monoisotopic (exact) mass is 293 g/mol. The van der Waals surface area contributed by atoms with E-state index in [1.165, 1.54) is 12.1 Å². The first-order valence-corrected chi connectivity index (χ1v) is 7.42. The van der Waals surface area contributed by atoms with E-state index in [0.717, 1.165) is 12.0 Å². The highest BCUT2D eigenvalue weighted by Crippen LogP contribution is 2.27. The van der Waals surface area contributed by atoms with Crippen molar-refractivity contribution in [2.24, 2.45) is 0 Å². The van der Waals surface area contributed by atoms with Crippen LogP contribution in [0.3, 0.4) is 0 Å². The van der Waals surface area contributed by atoms with Crippen molar-refractivity contribution in [3.8, 4) is 0 Å². The van der Waals surface area contributed by atoms with Crippen LogP contribution in [0.2, 0.25) is 0 Å². The molecule has 1 fully saturated rings. The van der Waals surface area contributed by atoms with Gasteiger partial charge in [0.25, 0.3) is 0 Å². The number of benzene rings is 1. The normalized spacial score (nSPS) is 23.9. The summed E-state index contributed by atoms with van der Waals surface area (Å²) in [6.07, 6.45) is 0.578. The molecule has 1 aromatic carbocycles. The van der Waals surface area contributed by atoms with Gasteiger partial charge in [0, 0.05) is 12.6 Å². The Bertz CT molecular complexity index is 489. The molecular formula is C16H24FN3O. The van der Waals surface area contributed by atoms with Gasteiger partial charge in [-0.15, -0.1) is 0 Å². The van der Waals surface area contributed by atoms with Crippen LogP contribution in [0.4, 0.5) is 4.39 Å². The zero-order chi connectivity index (χ0) is 15.6. The van der Waals surface area contributed by atoms with Gasteiger partial charge in [-0.1, -0.05) is 19.1 Å². The summed E-state index contributed by atoms with van der Waals surface area (Å²) in [6.45, 7) is 4.74. The molecule has 1 aliphatic heterocycles. The molecule has 1 heterocycles. The largest absolute Gasteiger partial charge is 0.320 e. The van der Waals surface area contributed by atoms with Gasteiger partial charge in [-0.05, 0) is 45.1 Å². The maximum Gasteiger partial charge on any atom is 0.241 e. The smallest absolute Gasteiger partial charge is 0.241 e. The van der Waals surface area contributed by atoms with Crippen molar-refractivity contribution in [2.45, 2.75) is 38.5 Å². The van der Waals surface area contributed by atoms with Gasteiger partial charge in [-0.3, -0.25) is 10.1 Å². The Morgan fingerprint density at radius 3 is 2.48 bits per heavy atom. The van der Waals surface area contributed by atoms with E-state index in [-0.39, 0.29) is 30.0 Å². The zero-order valence-electron chi connectivity index (χ0n) is 13.1. The minimum Gasteiger partial charge on any atom is -0.320 e. The number of amides is 1. The van der Waals surface area contributed by atoms with Gasteiger partial charge in [-0.25, -0.2) is 4.39 Å². The number of nitrogens with one attached hydrogen (secondary N) is 1. The van der Waals surface area contributed by atoms with Crippen LogP contribution in [0.1, 0.15) is 32.0 Å². The van der Waals surface area contributed by atoms with Crippen LogP contribution < -0.4 is 5.32 Å². The standard InChI is InChI=1S/C16H24FN3O/c1-5-14-16(21)20(10-11(2)19(3)4)15(18-14)12-6-8-13(17)9-7-12/h6-9,11,14-15,18H,5,10H2,1-4H3. The lowest BCUT2D eigenvalue weighted by atomic mass is 10.1. The Balaban J connectivity index is 2.23. The van der Waals surface area contributed by atoms with Crippen LogP contribution >= 0.6 is 0 Å². The average Bonchev–Trinajstić information content (AvgIpc) is 2.76. The highest BCUT2D eigenvalue weighted by Gasteiger charge is 2.39. The van der Waals surface area contributed by atoms with E-state index >= 15 is 0 Å². The Morgan fingerprint density at radius 1 is 1.33 bits per heavy atom. The molecule has 3 unspecified atom stereocenters. The first-order valence-electron chi connectivity index (χ1n) is 7.42. The molecule has 1 aliphatic rings. The van der Waals surface area contributed by atoms with Crippen LogP contribution in [-0.2, 0) is 4.79 Å². The van der Waals surface area contributed by atoms with Gasteiger partial charge in [-0.2, -0.15) is 0 Å². The summed E-state index contributed by atoms with van der Waals surface area (Å²) in [4.78, 5) is 16.5. The molecule has 0 spiro atoms. The van der Waals surface area contributed by atoms with Crippen LogP contribution in [0.5, 0.6) is 0 Å². The van der Waals surface area contributed by atoms with Crippen molar-refractivity contribution in [1.82, 2.24) is 15.1 Å². The van der Waals surface area contributed by atoms with Gasteiger partial charge in [0.2, 0.25) is 5.91 Å². The average molecular weight is 293 g/mol. The van der Waals surface area contributed by atoms with E-state index in [9.17, 15) is 9.18 Å². The third-order valence-corrected chi connectivity index (χ3v) is 4.19. The number of nitrogens with zero attached hydrogens (tertiary/aromatic N) is 2. The van der Waals surface area contributed by atoms with Gasteiger partial charge in [0.05, 0.1) is 6.04 Å². The van der Waals surface area contributed by atoms with Gasteiger partial charge in [0.15, 0.2) is 0 Å². The summed E-state index contributed by atoms with van der Waals surface area (Å²) >= 11 is 0. The molecule has 116 valence electrons. The SMILES string of the molecule is CCC1NC(c2ccc(F)cc2)N(CC(C)N(C)C)C1=O. The predicted molar refractivity (Wildman–Crippen MR) is 81.2 cm³/mol. The molecule has 2 rings (SSSR count). The van der Waals surface area contributed by atoms with Crippen molar-refractivity contribution in [3.05, 3.63) is 35.6 Å². The molecule has 21 heavy (non-hydrogen) atoms. The maximum absolute atomic E-state index is 13.1. The van der Waals surface area contributed by atoms with Crippen molar-refractivity contribution in [2.75, 3.05) is 20.6 Å². The van der Waals surface area contributed by atoms with Crippen molar-refractivity contribution >= 4 is 5.91 Å². The van der Waals surface area contributed by atoms with Crippen LogP contribution in [0.25, 0.3) is 0 Å². The zero-order valence-corrected chi connectivity index (χ0v) is 13.1. The van der Waals surface area contributed by atoms with E-state index in [1.54, 1.807) is 12.1 Å². The second-order valence-corrected chi connectivity index (χ2v) is 5.88. The minimum absolute atomic E-state index is 0.125. The lowest BCUT2D eigenvalue weighted by Gasteiger charge is -2.30. The number of likely N-dealkylation sites (N-methyl/N-ethyl adjacent to an activating group) is 1. The highest BCUT2D eigenvalue weighted by atomic mass is 19.1. The van der Waals surface area contributed by atoms with Crippen LogP contribution in [0.15, 0.2) is 24.3 Å². The van der Waals surface area contributed by atoms with E-state index in [0.29, 0.717) is 6.54 Å². The van der Waals surface area contributed by atoms with Gasteiger partial charge >= 0.3 is 0 Å². The van der Waals surface area contributed by atoms with E-state index in [2.05, 4.69) is 17.1 Å². The Labute approximate surface area is 125 Å². The quantitative estimate of drug-likeness (QED) is 0.902. The van der Waals surface area contributed by atoms with Crippen molar-refractivity contribution in [1.29, 1.82) is 0 Å². The number of hydrogen-bond donors (Lipinski definition) is 1. The van der Waals surface area contributed by atoms with Crippen molar-refractivity contribution in [3.63, 3.8) is 0 Å². The summed E-state index contributed by atoms with van der Waals surface area (Å²) in [5.41, 5.74) is 0.923. The third kappa shape index (κ3) is 3.41. The Morgan fingerprint density at radius 2 is 1.95 bits per heavy atom. The molecule has 0 aliphatic carbocycles. The fraction of sp³-hybridized carbons (Fsp3) is 0.562. The fourth-order valence-electron chi connectivity index (χ4n) is 2.54. The van der Waals surface area contributed by atoms with Gasteiger partial charge in [0.1, 0.15) is 12.0 Å². The highest BCUT2D eigenvalue weighted by molar-refractivity contribution is 5.84. The first kappa shape index (κ1) is 15.9. The molecular weight excluding hydrogens is 269 g/mol. The second kappa shape index (κ2) is 6.54. The van der Waals surface area contributed by atoms with Crippen molar-refractivity contribution < 1.29 is 9.18 Å². The number of carbonyl (C=O) groups excluding carboxylic acids is 1. The van der Waals surface area contributed by atoms with Crippen LogP contribution in [0, 0.1) is 5.82 Å². The molecule has 4 nitrogen and oxygen atoms in total. The Hall–Kier alpha value is -1.46. The summed E-state index contributed by atoms with van der Waals surface area (Å²) in [5.74, 6) is -0.135. The molecule has 0 radical (unpaired) electrons. The number of carbonyl (C=O) groups is 1. The molecule has 3 atom stereocenters. The molecule has 1 saturated heterocycles. The topological polar surface area (TPSA) is 35.6 Å². The molecule has 1 N–H and O–H groups in total. The van der Waals surface area contributed by atoms with E-state index < -0.39 is 0 Å². The maximum atomic E-state index is 13.1. The molecule has 5 heteroatoms. The molecule has 0 saturated carbocycles. The first-order chi connectivity index (χ1) is 9.93. The number of hydrogen-bond acceptors (Lipinski definition) is 3. The van der Waals surface area contributed by atoms with Gasteiger partial charge < -0.3 is 9.80 Å². The van der Waals surface area contributed by atoms with E-state index in [4.69, 9.17) is 0 Å². The molecule has 0 bridgehead atoms. The summed E-state index contributed by atoms with van der Waals surface area (Å²) in [6, 6.07) is 6.46.